The van der Waals surface area contributed by atoms with E-state index in [0.29, 0.717) is 28.7 Å². The van der Waals surface area contributed by atoms with Crippen LogP contribution in [0.5, 0.6) is 0 Å². The second-order valence-corrected chi connectivity index (χ2v) is 7.00. The average molecular weight is 348 g/mol. The molecule has 0 amide bonds. The average Bonchev–Trinajstić information content (AvgIpc) is 2.52. The van der Waals surface area contributed by atoms with E-state index in [0.717, 1.165) is 13.1 Å². The Hall–Kier alpha value is -2.37. The SMILES string of the molecule is COC(=O)/C=C(\C)c1ccc(N(CC(C)C)CC(C)C)c([N+](=O)[O-])c1. The molecule has 0 spiro atoms. The number of allylic oxidation sites excluding steroid dienone is 1. The first-order chi connectivity index (χ1) is 11.6. The summed E-state index contributed by atoms with van der Waals surface area (Å²) >= 11 is 0. The number of ether oxygens (including phenoxy) is 1. The highest BCUT2D eigenvalue weighted by Crippen LogP contribution is 2.32. The number of benzene rings is 1. The van der Waals surface area contributed by atoms with Crippen molar-refractivity contribution in [3.63, 3.8) is 0 Å². The number of carbonyl (C=O) groups is 1. The smallest absolute Gasteiger partial charge is 0.330 e. The van der Waals surface area contributed by atoms with Gasteiger partial charge < -0.3 is 9.64 Å². The van der Waals surface area contributed by atoms with Crippen molar-refractivity contribution in [2.24, 2.45) is 11.8 Å². The first-order valence-corrected chi connectivity index (χ1v) is 8.45. The fourth-order valence-corrected chi connectivity index (χ4v) is 2.65. The van der Waals surface area contributed by atoms with Gasteiger partial charge in [0.05, 0.1) is 12.0 Å². The summed E-state index contributed by atoms with van der Waals surface area (Å²) in [7, 11) is 1.30. The number of carbonyl (C=O) groups excluding carboxylic acids is 1. The number of nitrogens with zero attached hydrogens (tertiary/aromatic N) is 2. The summed E-state index contributed by atoms with van der Waals surface area (Å²) in [5, 5.41) is 11.6. The van der Waals surface area contributed by atoms with Gasteiger partial charge in [-0.05, 0) is 36.0 Å². The molecule has 0 aromatic heterocycles. The monoisotopic (exact) mass is 348 g/mol. The molecule has 1 aromatic carbocycles. The van der Waals surface area contributed by atoms with E-state index in [-0.39, 0.29) is 10.6 Å². The van der Waals surface area contributed by atoms with Gasteiger partial charge in [-0.15, -0.1) is 0 Å². The maximum atomic E-state index is 11.6. The van der Waals surface area contributed by atoms with Gasteiger partial charge in [-0.1, -0.05) is 33.8 Å². The van der Waals surface area contributed by atoms with E-state index < -0.39 is 5.97 Å². The van der Waals surface area contributed by atoms with Crippen molar-refractivity contribution in [3.05, 3.63) is 40.0 Å². The van der Waals surface area contributed by atoms with Crippen LogP contribution in [0.1, 0.15) is 40.2 Å². The molecular formula is C19H28N2O4. The molecule has 0 radical (unpaired) electrons. The van der Waals surface area contributed by atoms with E-state index in [1.165, 1.54) is 19.3 Å². The molecule has 0 aliphatic heterocycles. The van der Waals surface area contributed by atoms with Crippen LogP contribution in [0, 0.1) is 22.0 Å². The third kappa shape index (κ3) is 6.21. The van der Waals surface area contributed by atoms with Crippen molar-refractivity contribution in [3.8, 4) is 0 Å². The molecule has 138 valence electrons. The largest absolute Gasteiger partial charge is 0.466 e. The van der Waals surface area contributed by atoms with Crippen molar-refractivity contribution in [2.75, 3.05) is 25.1 Å². The normalized spacial score (nSPS) is 11.8. The molecule has 0 aliphatic carbocycles. The van der Waals surface area contributed by atoms with Crippen LogP contribution < -0.4 is 4.90 Å². The maximum Gasteiger partial charge on any atom is 0.330 e. The lowest BCUT2D eigenvalue weighted by Gasteiger charge is -2.28. The number of nitro groups is 1. The topological polar surface area (TPSA) is 72.7 Å². The lowest BCUT2D eigenvalue weighted by Crippen LogP contribution is -2.31. The summed E-state index contributed by atoms with van der Waals surface area (Å²) in [5.41, 5.74) is 1.93. The second kappa shape index (κ2) is 9.20. The van der Waals surface area contributed by atoms with Crippen LogP contribution in [-0.2, 0) is 9.53 Å². The van der Waals surface area contributed by atoms with Crippen LogP contribution in [0.2, 0.25) is 0 Å². The van der Waals surface area contributed by atoms with Gasteiger partial charge in [0.2, 0.25) is 0 Å². The maximum absolute atomic E-state index is 11.6. The zero-order valence-corrected chi connectivity index (χ0v) is 15.9. The van der Waals surface area contributed by atoms with Gasteiger partial charge in [0.25, 0.3) is 5.69 Å². The highest BCUT2D eigenvalue weighted by Gasteiger charge is 2.22. The lowest BCUT2D eigenvalue weighted by molar-refractivity contribution is -0.384. The van der Waals surface area contributed by atoms with E-state index in [9.17, 15) is 14.9 Å². The molecule has 25 heavy (non-hydrogen) atoms. The first kappa shape index (κ1) is 20.7. The molecule has 0 N–H and O–H groups in total. The van der Waals surface area contributed by atoms with Gasteiger partial charge in [0.15, 0.2) is 0 Å². The van der Waals surface area contributed by atoms with Crippen LogP contribution in [0.4, 0.5) is 11.4 Å². The number of rotatable bonds is 8. The Kier molecular flexibility index (Phi) is 7.61. The summed E-state index contributed by atoms with van der Waals surface area (Å²) in [4.78, 5) is 24.7. The van der Waals surface area contributed by atoms with E-state index in [1.54, 1.807) is 13.0 Å². The van der Waals surface area contributed by atoms with Crippen LogP contribution in [0.25, 0.3) is 5.57 Å². The molecule has 0 unspecified atom stereocenters. The summed E-state index contributed by atoms with van der Waals surface area (Å²) < 4.78 is 4.61. The fraction of sp³-hybridized carbons (Fsp3) is 0.526. The molecule has 0 atom stereocenters. The third-order valence-electron chi connectivity index (χ3n) is 3.67. The van der Waals surface area contributed by atoms with Crippen molar-refractivity contribution in [1.29, 1.82) is 0 Å². The number of hydrogen-bond donors (Lipinski definition) is 0. The predicted molar refractivity (Wildman–Crippen MR) is 101 cm³/mol. The van der Waals surface area contributed by atoms with E-state index >= 15 is 0 Å². The summed E-state index contributed by atoms with van der Waals surface area (Å²) in [6.07, 6.45) is 1.33. The van der Waals surface area contributed by atoms with Gasteiger partial charge in [0.1, 0.15) is 5.69 Å². The molecule has 0 saturated carbocycles. The van der Waals surface area contributed by atoms with Crippen molar-refractivity contribution >= 4 is 22.9 Å². The third-order valence-corrected chi connectivity index (χ3v) is 3.67. The molecule has 6 heteroatoms. The molecular weight excluding hydrogens is 320 g/mol. The van der Waals surface area contributed by atoms with Gasteiger partial charge in [-0.25, -0.2) is 4.79 Å². The van der Waals surface area contributed by atoms with Crippen LogP contribution in [0.15, 0.2) is 24.3 Å². The van der Waals surface area contributed by atoms with Gasteiger partial charge in [-0.3, -0.25) is 10.1 Å². The molecule has 1 rings (SSSR count). The highest BCUT2D eigenvalue weighted by molar-refractivity contribution is 5.91. The molecule has 0 aliphatic rings. The lowest BCUT2D eigenvalue weighted by atomic mass is 10.0. The predicted octanol–water partition coefficient (Wildman–Crippen LogP) is 4.29. The highest BCUT2D eigenvalue weighted by atomic mass is 16.6. The number of hydrogen-bond acceptors (Lipinski definition) is 5. The van der Waals surface area contributed by atoms with E-state index in [4.69, 9.17) is 0 Å². The van der Waals surface area contributed by atoms with E-state index in [1.807, 2.05) is 6.07 Å². The number of nitro benzene ring substituents is 1. The van der Waals surface area contributed by atoms with Gasteiger partial charge >= 0.3 is 5.97 Å². The minimum absolute atomic E-state index is 0.0522. The second-order valence-electron chi connectivity index (χ2n) is 7.00. The Morgan fingerprint density at radius 1 is 1.24 bits per heavy atom. The Morgan fingerprint density at radius 2 is 1.80 bits per heavy atom. The summed E-state index contributed by atoms with van der Waals surface area (Å²) in [6.45, 7) is 11.6. The molecule has 0 saturated heterocycles. The number of anilines is 1. The molecule has 0 heterocycles. The van der Waals surface area contributed by atoms with Crippen LogP contribution in [-0.4, -0.2) is 31.1 Å². The van der Waals surface area contributed by atoms with Crippen molar-refractivity contribution in [2.45, 2.75) is 34.6 Å². The molecule has 6 nitrogen and oxygen atoms in total. The number of esters is 1. The van der Waals surface area contributed by atoms with Crippen LogP contribution in [0.3, 0.4) is 0 Å². The first-order valence-electron chi connectivity index (χ1n) is 8.45. The Morgan fingerprint density at radius 3 is 2.24 bits per heavy atom. The minimum Gasteiger partial charge on any atom is -0.466 e. The van der Waals surface area contributed by atoms with Crippen molar-refractivity contribution < 1.29 is 14.5 Å². The van der Waals surface area contributed by atoms with Gasteiger partial charge in [0, 0.05) is 25.2 Å². The summed E-state index contributed by atoms with van der Waals surface area (Å²) in [6, 6.07) is 5.11. The molecule has 1 aromatic rings. The minimum atomic E-state index is -0.481. The quantitative estimate of drug-likeness (QED) is 0.303. The molecule has 0 bridgehead atoms. The standard InChI is InChI=1S/C19H28N2O4/c1-13(2)11-20(12-14(3)4)17-8-7-16(10-18(17)21(23)24)15(5)9-19(22)25-6/h7-10,13-14H,11-12H2,1-6H3/b15-9+. The Balaban J connectivity index is 3.34. The Labute approximate surface area is 149 Å². The van der Waals surface area contributed by atoms with E-state index in [2.05, 4.69) is 37.3 Å². The zero-order chi connectivity index (χ0) is 19.1. The Bertz CT molecular complexity index is 641. The van der Waals surface area contributed by atoms with Gasteiger partial charge in [-0.2, -0.15) is 0 Å². The van der Waals surface area contributed by atoms with Crippen molar-refractivity contribution in [1.82, 2.24) is 0 Å². The molecule has 0 fully saturated rings. The fourth-order valence-electron chi connectivity index (χ4n) is 2.65. The zero-order valence-electron chi connectivity index (χ0n) is 15.9. The number of methoxy groups -OCH3 is 1. The summed E-state index contributed by atoms with van der Waals surface area (Å²) in [5.74, 6) is 0.295. The van der Waals surface area contributed by atoms with Crippen LogP contribution >= 0.6 is 0 Å².